The zero-order valence-electron chi connectivity index (χ0n) is 8.56. The highest BCUT2D eigenvalue weighted by atomic mass is 16.7. The van der Waals surface area contributed by atoms with Gasteiger partial charge in [0.15, 0.2) is 0 Å². The van der Waals surface area contributed by atoms with E-state index in [0.717, 1.165) is 0 Å². The minimum absolute atomic E-state index is 0.0653. The van der Waals surface area contributed by atoms with Crippen LogP contribution in [-0.2, 0) is 4.74 Å². The van der Waals surface area contributed by atoms with Crippen molar-refractivity contribution in [2.45, 2.75) is 12.6 Å². The molecule has 2 amide bonds. The van der Waals surface area contributed by atoms with E-state index in [2.05, 4.69) is 15.6 Å². The summed E-state index contributed by atoms with van der Waals surface area (Å²) in [6.07, 6.45) is -1.10. The molecule has 1 aliphatic rings. The Bertz CT molecular complexity index is 245. The highest BCUT2D eigenvalue weighted by molar-refractivity contribution is 5.73. The van der Waals surface area contributed by atoms with Crippen LogP contribution >= 0.6 is 0 Å². The fraction of sp³-hybridized carbons (Fsp3) is 0.714. The minimum atomic E-state index is -1.30. The Labute approximate surface area is 86.7 Å². The molecule has 0 radical (unpaired) electrons. The standard InChI is InChI=1S/C7H14N4O4/c1-10-6(12)11(2)9-5(8-10)3-4-15-7(13)14/h5,8-9H,3-4H2,1-2H3,(H,13,14). The van der Waals surface area contributed by atoms with Gasteiger partial charge < -0.3 is 9.84 Å². The normalized spacial score (nSPS) is 18.1. The molecule has 8 nitrogen and oxygen atoms in total. The molecule has 3 N–H and O–H groups in total. The molecule has 1 saturated heterocycles. The number of nitrogens with zero attached hydrogens (tertiary/aromatic N) is 2. The fourth-order valence-corrected chi connectivity index (χ4v) is 1.23. The molecule has 1 heterocycles. The minimum Gasteiger partial charge on any atom is -0.450 e. The molecular formula is C7H14N4O4. The largest absolute Gasteiger partial charge is 0.505 e. The lowest BCUT2D eigenvalue weighted by atomic mass is 10.3. The van der Waals surface area contributed by atoms with Crippen molar-refractivity contribution < 1.29 is 19.4 Å². The molecule has 8 heteroatoms. The third kappa shape index (κ3) is 3.26. The van der Waals surface area contributed by atoms with Crippen molar-refractivity contribution in [2.24, 2.45) is 0 Å². The van der Waals surface area contributed by atoms with Crippen LogP contribution in [-0.4, -0.2) is 54.2 Å². The van der Waals surface area contributed by atoms with E-state index in [-0.39, 0.29) is 18.8 Å². The number of carbonyl (C=O) groups is 2. The van der Waals surface area contributed by atoms with Gasteiger partial charge in [0, 0.05) is 20.5 Å². The van der Waals surface area contributed by atoms with E-state index in [4.69, 9.17) is 5.11 Å². The van der Waals surface area contributed by atoms with Gasteiger partial charge >= 0.3 is 12.2 Å². The van der Waals surface area contributed by atoms with E-state index < -0.39 is 6.16 Å². The topological polar surface area (TPSA) is 94.1 Å². The monoisotopic (exact) mass is 218 g/mol. The molecule has 86 valence electrons. The summed E-state index contributed by atoms with van der Waals surface area (Å²) >= 11 is 0. The van der Waals surface area contributed by atoms with Gasteiger partial charge in [-0.2, -0.15) is 0 Å². The number of carboxylic acid groups (broad SMARTS) is 1. The molecule has 0 bridgehead atoms. The van der Waals surface area contributed by atoms with Crippen molar-refractivity contribution in [3.8, 4) is 0 Å². The molecule has 0 aromatic heterocycles. The highest BCUT2D eigenvalue weighted by Crippen LogP contribution is 2.00. The molecule has 0 aromatic rings. The van der Waals surface area contributed by atoms with Gasteiger partial charge in [-0.15, -0.1) is 0 Å². The predicted molar refractivity (Wildman–Crippen MR) is 49.6 cm³/mol. The molecule has 0 saturated carbocycles. The maximum absolute atomic E-state index is 11.3. The van der Waals surface area contributed by atoms with Crippen LogP contribution < -0.4 is 10.9 Å². The van der Waals surface area contributed by atoms with Crippen molar-refractivity contribution >= 4 is 12.2 Å². The Morgan fingerprint density at radius 1 is 1.47 bits per heavy atom. The average Bonchev–Trinajstić information content (AvgIpc) is 2.13. The van der Waals surface area contributed by atoms with Crippen molar-refractivity contribution in [3.63, 3.8) is 0 Å². The SMILES string of the molecule is CN1NC(CCOC(=O)O)NN(C)C1=O. The number of amides is 2. The molecule has 0 aliphatic carbocycles. The number of hydrogen-bond donors (Lipinski definition) is 3. The smallest absolute Gasteiger partial charge is 0.450 e. The number of ether oxygens (including phenoxy) is 1. The number of carbonyl (C=O) groups excluding carboxylic acids is 1. The summed E-state index contributed by atoms with van der Waals surface area (Å²) in [5, 5.41) is 10.9. The second-order valence-electron chi connectivity index (χ2n) is 3.11. The van der Waals surface area contributed by atoms with Crippen LogP contribution in [0.25, 0.3) is 0 Å². The second-order valence-corrected chi connectivity index (χ2v) is 3.11. The molecule has 1 rings (SSSR count). The van der Waals surface area contributed by atoms with Crippen LogP contribution in [0.4, 0.5) is 9.59 Å². The Balaban J connectivity index is 2.31. The summed E-state index contributed by atoms with van der Waals surface area (Å²) in [7, 11) is 3.18. The van der Waals surface area contributed by atoms with Gasteiger partial charge in [0.1, 0.15) is 0 Å². The van der Waals surface area contributed by atoms with Crippen LogP contribution in [0.1, 0.15) is 6.42 Å². The van der Waals surface area contributed by atoms with Crippen LogP contribution in [0.15, 0.2) is 0 Å². The maximum Gasteiger partial charge on any atom is 0.505 e. The molecule has 15 heavy (non-hydrogen) atoms. The predicted octanol–water partition coefficient (Wildman–Crippen LogP) is -0.596. The lowest BCUT2D eigenvalue weighted by molar-refractivity contribution is 0.0393. The van der Waals surface area contributed by atoms with Crippen LogP contribution in [0.3, 0.4) is 0 Å². The van der Waals surface area contributed by atoms with E-state index in [0.29, 0.717) is 6.42 Å². The number of nitrogens with one attached hydrogen (secondary N) is 2. The molecule has 0 atom stereocenters. The van der Waals surface area contributed by atoms with Crippen molar-refractivity contribution in [3.05, 3.63) is 0 Å². The van der Waals surface area contributed by atoms with E-state index in [1.54, 1.807) is 14.1 Å². The summed E-state index contributed by atoms with van der Waals surface area (Å²) in [5.74, 6) is 0. The number of rotatable bonds is 3. The third-order valence-electron chi connectivity index (χ3n) is 1.90. The lowest BCUT2D eigenvalue weighted by Crippen LogP contribution is -2.66. The Kier molecular flexibility index (Phi) is 3.69. The van der Waals surface area contributed by atoms with Crippen molar-refractivity contribution in [1.82, 2.24) is 20.9 Å². The molecule has 1 fully saturated rings. The summed E-state index contributed by atoms with van der Waals surface area (Å²) in [6.45, 7) is 0.0653. The van der Waals surface area contributed by atoms with Gasteiger partial charge in [-0.25, -0.2) is 20.4 Å². The second kappa shape index (κ2) is 4.80. The van der Waals surface area contributed by atoms with Gasteiger partial charge in [0.05, 0.1) is 12.8 Å². The van der Waals surface area contributed by atoms with Crippen LogP contribution in [0.5, 0.6) is 0 Å². The van der Waals surface area contributed by atoms with Gasteiger partial charge in [-0.3, -0.25) is 10.0 Å². The van der Waals surface area contributed by atoms with E-state index in [1.165, 1.54) is 10.0 Å². The van der Waals surface area contributed by atoms with Crippen molar-refractivity contribution in [1.29, 1.82) is 0 Å². The summed E-state index contributed by atoms with van der Waals surface area (Å²) in [4.78, 5) is 21.3. The average molecular weight is 218 g/mol. The summed E-state index contributed by atoms with van der Waals surface area (Å²) in [6, 6.07) is -0.217. The molecule has 1 aliphatic heterocycles. The number of urea groups is 1. The summed E-state index contributed by atoms with van der Waals surface area (Å²) in [5.41, 5.74) is 5.66. The first-order valence-electron chi connectivity index (χ1n) is 4.40. The molecule has 0 spiro atoms. The van der Waals surface area contributed by atoms with Crippen LogP contribution in [0.2, 0.25) is 0 Å². The Hall–Kier alpha value is -1.54. The van der Waals surface area contributed by atoms with E-state index >= 15 is 0 Å². The summed E-state index contributed by atoms with van der Waals surface area (Å²) < 4.78 is 4.36. The van der Waals surface area contributed by atoms with Gasteiger partial charge in [0.2, 0.25) is 0 Å². The zero-order valence-corrected chi connectivity index (χ0v) is 8.56. The molecular weight excluding hydrogens is 204 g/mol. The maximum atomic E-state index is 11.3. The van der Waals surface area contributed by atoms with E-state index in [1.807, 2.05) is 0 Å². The third-order valence-corrected chi connectivity index (χ3v) is 1.90. The first-order valence-corrected chi connectivity index (χ1v) is 4.40. The molecule has 0 aromatic carbocycles. The molecule has 0 unspecified atom stereocenters. The van der Waals surface area contributed by atoms with E-state index in [9.17, 15) is 9.59 Å². The number of hydrogen-bond acceptors (Lipinski definition) is 5. The van der Waals surface area contributed by atoms with Crippen molar-refractivity contribution in [2.75, 3.05) is 20.7 Å². The van der Waals surface area contributed by atoms with Gasteiger partial charge in [-0.05, 0) is 0 Å². The lowest BCUT2D eigenvalue weighted by Gasteiger charge is -2.37. The van der Waals surface area contributed by atoms with Gasteiger partial charge in [0.25, 0.3) is 0 Å². The number of hydrazine groups is 2. The first kappa shape index (κ1) is 11.5. The quantitative estimate of drug-likeness (QED) is 0.548. The Morgan fingerprint density at radius 3 is 2.47 bits per heavy atom. The highest BCUT2D eigenvalue weighted by Gasteiger charge is 2.25. The first-order chi connectivity index (χ1) is 7.00. The fourth-order valence-electron chi connectivity index (χ4n) is 1.23. The Morgan fingerprint density at radius 2 is 2.00 bits per heavy atom. The van der Waals surface area contributed by atoms with Gasteiger partial charge in [-0.1, -0.05) is 0 Å². The zero-order chi connectivity index (χ0) is 11.4. The van der Waals surface area contributed by atoms with Crippen LogP contribution in [0, 0.1) is 0 Å².